The second-order valence-corrected chi connectivity index (χ2v) is 2.75. The van der Waals surface area contributed by atoms with Crippen LogP contribution in [0, 0.1) is 7.05 Å². The lowest BCUT2D eigenvalue weighted by molar-refractivity contribution is -0.0134. The zero-order valence-electron chi connectivity index (χ0n) is 6.13. The highest BCUT2D eigenvalue weighted by molar-refractivity contribution is 4.76. The van der Waals surface area contributed by atoms with E-state index in [1.54, 1.807) is 0 Å². The molecule has 1 fully saturated rings. The first kappa shape index (κ1) is 7.03. The van der Waals surface area contributed by atoms with Crippen molar-refractivity contribution in [2.24, 2.45) is 0 Å². The molecule has 1 rings (SSSR count). The first-order chi connectivity index (χ1) is 4.22. The van der Waals surface area contributed by atoms with E-state index in [0.29, 0.717) is 12.1 Å². The van der Waals surface area contributed by atoms with Crippen LogP contribution in [0.5, 0.6) is 0 Å². The number of nitrogens with zero attached hydrogens (tertiary/aromatic N) is 1. The van der Waals surface area contributed by atoms with Gasteiger partial charge in [-0.15, -0.1) is 0 Å². The maximum absolute atomic E-state index is 5.28. The Labute approximate surface area is 56.8 Å². The third-order valence-electron chi connectivity index (χ3n) is 1.85. The van der Waals surface area contributed by atoms with Gasteiger partial charge in [0, 0.05) is 12.1 Å². The van der Waals surface area contributed by atoms with Crippen LogP contribution >= 0.6 is 0 Å². The molecule has 0 aromatic carbocycles. The lowest BCUT2D eigenvalue weighted by atomic mass is 10.2. The number of morpholine rings is 1. The maximum Gasteiger partial charge on any atom is 0.0596 e. The summed E-state index contributed by atoms with van der Waals surface area (Å²) in [5.41, 5.74) is 0. The van der Waals surface area contributed by atoms with E-state index in [-0.39, 0.29) is 0 Å². The molecule has 0 radical (unpaired) electrons. The molecule has 2 heteroatoms. The van der Waals surface area contributed by atoms with Crippen LogP contribution in [0.1, 0.15) is 13.8 Å². The minimum Gasteiger partial charge on any atom is -0.451 e. The molecule has 0 amide bonds. The number of rotatable bonds is 0. The van der Waals surface area contributed by atoms with Gasteiger partial charge in [0.05, 0.1) is 13.2 Å². The Morgan fingerprint density at radius 2 is 1.78 bits per heavy atom. The fraction of sp³-hybridized carbons (Fsp3) is 0.857. The quantitative estimate of drug-likeness (QED) is 0.449. The van der Waals surface area contributed by atoms with Gasteiger partial charge in [0.2, 0.25) is 0 Å². The second kappa shape index (κ2) is 2.67. The van der Waals surface area contributed by atoms with Crippen LogP contribution in [0.4, 0.5) is 0 Å². The van der Waals surface area contributed by atoms with Gasteiger partial charge in [0.1, 0.15) is 0 Å². The molecule has 1 aliphatic heterocycles. The van der Waals surface area contributed by atoms with Crippen molar-refractivity contribution >= 4 is 0 Å². The van der Waals surface area contributed by atoms with Crippen LogP contribution in [0.15, 0.2) is 0 Å². The molecule has 0 N–H and O–H groups in total. The van der Waals surface area contributed by atoms with E-state index < -0.39 is 0 Å². The largest absolute Gasteiger partial charge is 0.451 e. The predicted molar refractivity (Wildman–Crippen MR) is 36.9 cm³/mol. The van der Waals surface area contributed by atoms with Gasteiger partial charge in [-0.1, -0.05) is 0 Å². The summed E-state index contributed by atoms with van der Waals surface area (Å²) in [7, 11) is 3.91. The van der Waals surface area contributed by atoms with Crippen molar-refractivity contribution in [2.75, 3.05) is 13.2 Å². The fourth-order valence-corrected chi connectivity index (χ4v) is 1.04. The molecule has 0 saturated carbocycles. The molecular weight excluding hydrogens is 114 g/mol. The van der Waals surface area contributed by atoms with Gasteiger partial charge in [0.25, 0.3) is 0 Å². The van der Waals surface area contributed by atoms with Crippen molar-refractivity contribution < 1.29 is 4.74 Å². The Hall–Kier alpha value is -0.0800. The van der Waals surface area contributed by atoms with Gasteiger partial charge >= 0.3 is 0 Å². The van der Waals surface area contributed by atoms with E-state index in [2.05, 4.69) is 25.8 Å². The minimum absolute atomic E-state index is 0.480. The molecule has 1 aliphatic rings. The van der Waals surface area contributed by atoms with E-state index >= 15 is 0 Å². The van der Waals surface area contributed by atoms with Crippen molar-refractivity contribution in [1.29, 1.82) is 0 Å². The topological polar surface area (TPSA) is 12.5 Å². The molecule has 0 aromatic rings. The number of ether oxygens (including phenoxy) is 1. The van der Waals surface area contributed by atoms with Crippen molar-refractivity contribution in [3.63, 3.8) is 0 Å². The van der Waals surface area contributed by atoms with Crippen LogP contribution in [0.2, 0.25) is 0 Å². The normalized spacial score (nSPS) is 39.0. The van der Waals surface area contributed by atoms with Crippen LogP contribution in [0.25, 0.3) is 0 Å². The lowest BCUT2D eigenvalue weighted by Gasteiger charge is -2.42. The minimum atomic E-state index is 0.480. The van der Waals surface area contributed by atoms with Gasteiger partial charge in [-0.2, -0.15) is 0 Å². The molecule has 1 heterocycles. The predicted octanol–water partition coefficient (Wildman–Crippen LogP) is 0.887. The molecule has 1 saturated heterocycles. The standard InChI is InChI=1S/C7H14NO/c1-6-4-9-5-7(2)8(6)3/h6-7H,3-5H2,1-2H3/q-1/t6-,7-/m1/s1. The molecule has 54 valence electrons. The van der Waals surface area contributed by atoms with Gasteiger partial charge < -0.3 is 9.64 Å². The van der Waals surface area contributed by atoms with Crippen molar-refractivity contribution in [1.82, 2.24) is 4.90 Å². The molecule has 2 atom stereocenters. The third kappa shape index (κ3) is 1.43. The van der Waals surface area contributed by atoms with Crippen LogP contribution < -0.4 is 0 Å². The summed E-state index contributed by atoms with van der Waals surface area (Å²) in [4.78, 5) is 2.10. The zero-order chi connectivity index (χ0) is 6.85. The molecule has 0 bridgehead atoms. The van der Waals surface area contributed by atoms with Crippen molar-refractivity contribution in [3.05, 3.63) is 7.05 Å². The molecule has 0 spiro atoms. The van der Waals surface area contributed by atoms with Gasteiger partial charge in [-0.05, 0) is 13.8 Å². The van der Waals surface area contributed by atoms with E-state index in [0.717, 1.165) is 13.2 Å². The summed E-state index contributed by atoms with van der Waals surface area (Å²) in [5, 5.41) is 0. The van der Waals surface area contributed by atoms with E-state index in [9.17, 15) is 0 Å². The van der Waals surface area contributed by atoms with E-state index in [1.807, 2.05) is 0 Å². The monoisotopic (exact) mass is 128 g/mol. The van der Waals surface area contributed by atoms with Gasteiger partial charge in [-0.25, -0.2) is 0 Å². The highest BCUT2D eigenvalue weighted by Gasteiger charge is 2.15. The van der Waals surface area contributed by atoms with Crippen LogP contribution in [0.3, 0.4) is 0 Å². The fourth-order valence-electron chi connectivity index (χ4n) is 1.04. The Morgan fingerprint density at radius 3 is 2.11 bits per heavy atom. The first-order valence-corrected chi connectivity index (χ1v) is 3.38. The van der Waals surface area contributed by atoms with Gasteiger partial charge in [-0.3, -0.25) is 7.05 Å². The SMILES string of the molecule is [CH2-]N1[C@H](C)COC[C@H]1C. The first-order valence-electron chi connectivity index (χ1n) is 3.38. The molecule has 0 aliphatic carbocycles. The molecule has 9 heavy (non-hydrogen) atoms. The molecule has 0 unspecified atom stereocenters. The maximum atomic E-state index is 5.28. The summed E-state index contributed by atoms with van der Waals surface area (Å²) < 4.78 is 5.28. The van der Waals surface area contributed by atoms with Crippen molar-refractivity contribution in [3.8, 4) is 0 Å². The van der Waals surface area contributed by atoms with Crippen molar-refractivity contribution in [2.45, 2.75) is 25.9 Å². The zero-order valence-corrected chi connectivity index (χ0v) is 6.13. The number of hydrogen-bond acceptors (Lipinski definition) is 2. The van der Waals surface area contributed by atoms with Gasteiger partial charge in [0.15, 0.2) is 0 Å². The smallest absolute Gasteiger partial charge is 0.0596 e. The Morgan fingerprint density at radius 1 is 1.33 bits per heavy atom. The summed E-state index contributed by atoms with van der Waals surface area (Å²) in [6, 6.07) is 0.961. The summed E-state index contributed by atoms with van der Waals surface area (Å²) in [5.74, 6) is 0. The summed E-state index contributed by atoms with van der Waals surface area (Å²) in [6.07, 6.45) is 0. The average Bonchev–Trinajstić information content (AvgIpc) is 1.83. The molecule has 2 nitrogen and oxygen atoms in total. The average molecular weight is 128 g/mol. The summed E-state index contributed by atoms with van der Waals surface area (Å²) >= 11 is 0. The van der Waals surface area contributed by atoms with Crippen LogP contribution in [-0.4, -0.2) is 30.2 Å². The molecule has 0 aromatic heterocycles. The third-order valence-corrected chi connectivity index (χ3v) is 1.85. The highest BCUT2D eigenvalue weighted by Crippen LogP contribution is 2.09. The summed E-state index contributed by atoms with van der Waals surface area (Å²) in [6.45, 7) is 5.91. The van der Waals surface area contributed by atoms with Crippen LogP contribution in [-0.2, 0) is 4.74 Å². The Kier molecular flexibility index (Phi) is 2.09. The van der Waals surface area contributed by atoms with E-state index in [4.69, 9.17) is 4.74 Å². The lowest BCUT2D eigenvalue weighted by Crippen LogP contribution is -2.45. The second-order valence-electron chi connectivity index (χ2n) is 2.75. The number of hydrogen-bond donors (Lipinski definition) is 0. The Balaban J connectivity index is 2.41. The van der Waals surface area contributed by atoms with E-state index in [1.165, 1.54) is 0 Å². The highest BCUT2D eigenvalue weighted by atomic mass is 16.5. The Bertz CT molecular complexity index is 84.9. The molecular formula is C7H14NO-.